The number of hydrogen-bond donors (Lipinski definition) is 6. The first-order chi connectivity index (χ1) is 38.9. The van der Waals surface area contributed by atoms with Crippen LogP contribution in [0.4, 0.5) is 64.1 Å². The summed E-state index contributed by atoms with van der Waals surface area (Å²) in [5, 5.41) is 34.6. The number of nitrogens with two attached hydrogens (primary N) is 1. The highest BCUT2D eigenvalue weighted by Gasteiger charge is 2.50. The predicted octanol–water partition coefficient (Wildman–Crippen LogP) is 16.1. The van der Waals surface area contributed by atoms with Crippen LogP contribution in [0.2, 0.25) is 5.02 Å². The molecule has 0 saturated heterocycles. The number of benzene rings is 5. The Bertz CT molecular complexity index is 3380. The lowest BCUT2D eigenvalue weighted by Crippen LogP contribution is -2.43. The minimum atomic E-state index is -4.65. The third-order valence-corrected chi connectivity index (χ3v) is 13.9. The van der Waals surface area contributed by atoms with E-state index < -0.39 is 129 Å². The molecule has 87 heavy (non-hydrogen) atoms. The van der Waals surface area contributed by atoms with Crippen molar-refractivity contribution in [3.8, 4) is 17.2 Å². The van der Waals surface area contributed by atoms with Gasteiger partial charge in [0.05, 0.1) is 24.3 Å². The molecule has 0 radical (unpaired) electrons. The third-order valence-electron chi connectivity index (χ3n) is 13.1. The first kappa shape index (κ1) is 75.5. The highest BCUT2D eigenvalue weighted by atomic mass is 79.9. The second-order valence-corrected chi connectivity index (χ2v) is 20.7. The van der Waals surface area contributed by atoms with E-state index in [0.717, 1.165) is 25.2 Å². The van der Waals surface area contributed by atoms with Crippen LogP contribution in [-0.2, 0) is 16.0 Å². The highest BCUT2D eigenvalue weighted by molar-refractivity contribution is 9.10. The van der Waals surface area contributed by atoms with Crippen LogP contribution in [0.25, 0.3) is 22.0 Å². The molecule has 0 bridgehead atoms. The number of nitrogens with zero attached hydrogens (tertiary/aromatic N) is 2. The first-order valence-electron chi connectivity index (χ1n) is 24.9. The number of carboxylic acid groups (broad SMARTS) is 2. The number of fused-ring (bicyclic) bond motifs is 1. The Hall–Kier alpha value is -7.63. The summed E-state index contributed by atoms with van der Waals surface area (Å²) >= 11 is 9.29. The van der Waals surface area contributed by atoms with Crippen molar-refractivity contribution in [2.45, 2.75) is 118 Å². The van der Waals surface area contributed by atoms with E-state index >= 15 is 0 Å². The molecule has 5 aromatic carbocycles. The first-order valence-corrected chi connectivity index (χ1v) is 26.1. The lowest BCUT2D eigenvalue weighted by atomic mass is 9.94. The lowest BCUT2D eigenvalue weighted by Gasteiger charge is -2.23. The number of aliphatic carboxylic acids is 1. The Balaban J connectivity index is 0.000000493. The van der Waals surface area contributed by atoms with Crippen molar-refractivity contribution in [3.05, 3.63) is 157 Å². The maximum Gasteiger partial charge on any atom is 0.408 e. The summed E-state index contributed by atoms with van der Waals surface area (Å²) in [7, 11) is 1.06. The zero-order chi connectivity index (χ0) is 61.4. The molecular weight excluding hydrogens is 1260 g/mol. The van der Waals surface area contributed by atoms with Crippen LogP contribution in [0.5, 0.6) is 0 Å². The number of esters is 1. The number of carboxylic acids is 2. The largest absolute Gasteiger partial charge is 0.480 e. The number of halogens is 14. The van der Waals surface area contributed by atoms with Gasteiger partial charge in [0.1, 0.15) is 69.7 Å². The number of aromatic carboxylic acids is 1. The van der Waals surface area contributed by atoms with Gasteiger partial charge in [0.25, 0.3) is 5.91 Å². The molecule has 13 nitrogen and oxygen atoms in total. The molecule has 3 unspecified atom stereocenters. The molecule has 3 aliphatic carbocycles. The molecule has 1 amide bonds. The van der Waals surface area contributed by atoms with E-state index in [2.05, 4.69) is 43.2 Å². The molecule has 3 saturated carbocycles. The molecule has 1 heterocycles. The van der Waals surface area contributed by atoms with Gasteiger partial charge in [0, 0.05) is 56.0 Å². The van der Waals surface area contributed by atoms with Crippen molar-refractivity contribution in [2.24, 2.45) is 23.5 Å². The second-order valence-electron chi connectivity index (χ2n) is 19.4. The van der Waals surface area contributed by atoms with E-state index in [-0.39, 0.29) is 40.6 Å². The number of ether oxygens (including phenoxy) is 1. The van der Waals surface area contributed by atoms with Crippen LogP contribution in [0.3, 0.4) is 0 Å². The van der Waals surface area contributed by atoms with E-state index in [9.17, 15) is 77.0 Å². The molecule has 9 rings (SSSR count). The molecule has 1 aromatic heterocycles. The number of hydrogen-bond acceptors (Lipinski definition) is 10. The topological polar surface area (TPSA) is 217 Å². The van der Waals surface area contributed by atoms with Crippen LogP contribution in [-0.4, -0.2) is 82.6 Å². The number of carbonyl (C=O) groups excluding carboxylic acids is 2. The average Bonchev–Trinajstić information content (AvgIpc) is 1.66. The zero-order valence-electron chi connectivity index (χ0n) is 43.3. The van der Waals surface area contributed by atoms with Gasteiger partial charge in [-0.2, -0.15) is 31.6 Å². The maximum absolute atomic E-state index is 14.9. The molecular formula is C60H64BrClF12N6O7. The predicted molar refractivity (Wildman–Crippen MR) is 310 cm³/mol. The van der Waals surface area contributed by atoms with Gasteiger partial charge in [-0.25, -0.2) is 40.7 Å². The monoisotopic (exact) mass is 1320 g/mol. The highest BCUT2D eigenvalue weighted by Crippen LogP contribution is 2.44. The van der Waals surface area contributed by atoms with Crippen LogP contribution < -0.4 is 21.7 Å². The number of nitriles is 1. The van der Waals surface area contributed by atoms with Gasteiger partial charge >= 0.3 is 30.3 Å². The van der Waals surface area contributed by atoms with E-state index in [0.29, 0.717) is 94.2 Å². The standard InChI is InChI=1S/C31H22ClF5N4O3.C12H10F5NO2.C8H5BrF2O2.C5H11N.4CH4/c32-22-10-15(14-38)3-7-20(22)21-8-6-17(19-2-1-9-39-27(19)21)11-25(30(43)44)41-29(42)26-23(33)12-18(13-24(26)34)40-28(16-4-5-16)31(35,36)37;13-7-3-6(4-8(14)9(7)11(19)20)18-10(5-1-2-5)12(15,16)17;1-13-8(12)7-5(10)2-4(9)3-6(7)11;1-4(6)5-2-3-5;;;;/h1-3,6-10,12-13,16,25,28,40H,4-5,11H2,(H,41,42)(H,43,44);3-5,10,18H,1-2H2,(H,19,20);2-3H,1H3;4-5H,2-3,6H2,1H3;4*1H4/t25-,28?;;;;;;;/m0......./s1. The molecule has 3 aliphatic rings. The molecule has 7 N–H and O–H groups in total. The van der Waals surface area contributed by atoms with Gasteiger partial charge in [0.2, 0.25) is 0 Å². The zero-order valence-corrected chi connectivity index (χ0v) is 45.6. The van der Waals surface area contributed by atoms with Crippen LogP contribution in [0, 0.1) is 64.0 Å². The number of amides is 1. The minimum absolute atomic E-state index is 0. The minimum Gasteiger partial charge on any atom is -0.480 e. The number of carbonyl (C=O) groups is 4. The number of anilines is 2. The Morgan fingerprint density at radius 2 is 1.15 bits per heavy atom. The number of pyridine rings is 1. The van der Waals surface area contributed by atoms with E-state index in [1.807, 2.05) is 11.4 Å². The van der Waals surface area contributed by atoms with E-state index in [1.165, 1.54) is 25.1 Å². The second kappa shape index (κ2) is 31.8. The molecule has 27 heteroatoms. The van der Waals surface area contributed by atoms with E-state index in [4.69, 9.17) is 27.7 Å². The third kappa shape index (κ3) is 20.2. The fraction of sp³-hybridized carbons (Fsp3) is 0.367. The average molecular weight is 1320 g/mol. The fourth-order valence-corrected chi connectivity index (χ4v) is 9.11. The summed E-state index contributed by atoms with van der Waals surface area (Å²) in [6.07, 6.45) is -3.82. The maximum atomic E-state index is 14.9. The van der Waals surface area contributed by atoms with Crippen molar-refractivity contribution in [3.63, 3.8) is 0 Å². The molecule has 474 valence electrons. The lowest BCUT2D eigenvalue weighted by molar-refractivity contribution is -0.147. The Labute approximate surface area is 507 Å². The quantitative estimate of drug-likeness (QED) is 0.0418. The summed E-state index contributed by atoms with van der Waals surface area (Å²) in [4.78, 5) is 50.9. The SMILES string of the molecule is C.C.C.C.CC(N)C1CC1.COC(=O)c1c(F)cc(Br)cc1F.N#Cc1ccc(-c2ccc(C[C@H](NC(=O)c3c(F)cc(NC(C4CC4)C(F)(F)F)cc3F)C(=O)O)c3cccnc23)c(Cl)c1.O=C(O)c1c(F)cc(NC(C2CC2)C(F)(F)F)cc1F. The fourth-order valence-electron chi connectivity index (χ4n) is 8.43. The summed E-state index contributed by atoms with van der Waals surface area (Å²) in [5.74, 6) is -13.8. The molecule has 3 fully saturated rings. The van der Waals surface area contributed by atoms with E-state index in [1.54, 1.807) is 36.4 Å². The van der Waals surface area contributed by atoms with Crippen LogP contribution >= 0.6 is 27.5 Å². The number of nitrogens with one attached hydrogen (secondary N) is 3. The normalized spacial score (nSPS) is 14.5. The Kier molecular flexibility index (Phi) is 27.6. The van der Waals surface area contributed by atoms with Crippen molar-refractivity contribution in [2.75, 3.05) is 17.7 Å². The molecule has 4 atom stereocenters. The van der Waals surface area contributed by atoms with Crippen LogP contribution in [0.1, 0.15) is 117 Å². The van der Waals surface area contributed by atoms with Gasteiger partial charge in [-0.3, -0.25) is 9.78 Å². The van der Waals surface area contributed by atoms with Crippen molar-refractivity contribution >= 4 is 73.6 Å². The number of alkyl halides is 6. The van der Waals surface area contributed by atoms with Crippen LogP contribution in [0.15, 0.2) is 89.5 Å². The van der Waals surface area contributed by atoms with Crippen molar-refractivity contribution < 1.29 is 86.8 Å². The number of methoxy groups -OCH3 is 1. The molecule has 0 aliphatic heterocycles. The van der Waals surface area contributed by atoms with Gasteiger partial charge in [0.15, 0.2) is 0 Å². The smallest absolute Gasteiger partial charge is 0.408 e. The van der Waals surface area contributed by atoms with Gasteiger partial charge in [-0.1, -0.05) is 81.5 Å². The van der Waals surface area contributed by atoms with Gasteiger partial charge in [-0.05, 0) is 123 Å². The van der Waals surface area contributed by atoms with Crippen molar-refractivity contribution in [1.29, 1.82) is 5.26 Å². The van der Waals surface area contributed by atoms with Gasteiger partial charge in [-0.15, -0.1) is 0 Å². The summed E-state index contributed by atoms with van der Waals surface area (Å²) < 4.78 is 165. The number of aromatic nitrogens is 1. The molecule has 6 aromatic rings. The van der Waals surface area contributed by atoms with Crippen molar-refractivity contribution in [1.82, 2.24) is 10.3 Å². The van der Waals surface area contributed by atoms with Gasteiger partial charge < -0.3 is 36.6 Å². The summed E-state index contributed by atoms with van der Waals surface area (Å²) in [5.41, 5.74) is 4.00. The number of rotatable bonds is 15. The molecule has 0 spiro atoms. The Morgan fingerprint density at radius 1 is 0.701 bits per heavy atom. The Morgan fingerprint density at radius 3 is 1.53 bits per heavy atom. The summed E-state index contributed by atoms with van der Waals surface area (Å²) in [6, 6.07) is 12.5. The summed E-state index contributed by atoms with van der Waals surface area (Å²) in [6.45, 7) is 2.08.